The molecule has 1 atom stereocenters. The molecule has 0 bridgehead atoms. The van der Waals surface area contributed by atoms with Gasteiger partial charge in [0, 0.05) is 17.8 Å². The Labute approximate surface area is 101 Å². The van der Waals surface area contributed by atoms with Gasteiger partial charge in [-0.2, -0.15) is 0 Å². The molecule has 0 aliphatic heterocycles. The molecule has 1 heterocycles. The molecule has 1 unspecified atom stereocenters. The Hall–Kier alpha value is -1.65. The molecule has 0 saturated heterocycles. The van der Waals surface area contributed by atoms with Crippen molar-refractivity contribution in [2.75, 3.05) is 5.32 Å². The van der Waals surface area contributed by atoms with Crippen LogP contribution in [0.5, 0.6) is 0 Å². The Morgan fingerprint density at radius 1 is 1.47 bits per heavy atom. The summed E-state index contributed by atoms with van der Waals surface area (Å²) < 4.78 is 0. The van der Waals surface area contributed by atoms with Gasteiger partial charge in [0.15, 0.2) is 0 Å². The average molecular weight is 237 g/mol. The number of carboxylic acid groups (broad SMARTS) is 1. The predicted molar refractivity (Wildman–Crippen MR) is 66.1 cm³/mol. The summed E-state index contributed by atoms with van der Waals surface area (Å²) in [6.45, 7) is 6.06. The zero-order chi connectivity index (χ0) is 12.8. The minimum atomic E-state index is -0.803. The lowest BCUT2D eigenvalue weighted by Crippen LogP contribution is -2.23. The first-order chi connectivity index (χ1) is 8.02. The van der Waals surface area contributed by atoms with Crippen molar-refractivity contribution in [1.29, 1.82) is 0 Å². The second kappa shape index (κ2) is 6.18. The normalized spacial score (nSPS) is 12.5. The number of aromatic nitrogens is 2. The zero-order valence-corrected chi connectivity index (χ0v) is 10.5. The summed E-state index contributed by atoms with van der Waals surface area (Å²) in [4.78, 5) is 18.9. The molecule has 94 valence electrons. The molecule has 0 amide bonds. The zero-order valence-electron chi connectivity index (χ0n) is 10.5. The first kappa shape index (κ1) is 13.4. The maximum absolute atomic E-state index is 10.7. The van der Waals surface area contributed by atoms with Crippen LogP contribution in [0.25, 0.3) is 0 Å². The summed E-state index contributed by atoms with van der Waals surface area (Å²) in [6.07, 6.45) is 2.34. The number of nitrogens with one attached hydrogen (secondary N) is 1. The molecular formula is C12H19N3O2. The van der Waals surface area contributed by atoms with Crippen LogP contribution in [0.2, 0.25) is 0 Å². The van der Waals surface area contributed by atoms with Crippen molar-refractivity contribution in [1.82, 2.24) is 9.97 Å². The Balaban J connectivity index is 2.72. The largest absolute Gasteiger partial charge is 0.481 e. The fraction of sp³-hybridized carbons (Fsp3) is 0.583. The summed E-state index contributed by atoms with van der Waals surface area (Å²) in [5, 5.41) is 11.9. The van der Waals surface area contributed by atoms with E-state index in [0.717, 1.165) is 12.1 Å². The van der Waals surface area contributed by atoms with Crippen molar-refractivity contribution in [3.8, 4) is 0 Å². The van der Waals surface area contributed by atoms with Gasteiger partial charge in [-0.3, -0.25) is 4.79 Å². The average Bonchev–Trinajstić information content (AvgIpc) is 2.28. The molecule has 1 rings (SSSR count). The van der Waals surface area contributed by atoms with Gasteiger partial charge in [0.2, 0.25) is 0 Å². The Kier molecular flexibility index (Phi) is 4.87. The van der Waals surface area contributed by atoms with Gasteiger partial charge in [0.1, 0.15) is 12.1 Å². The fourth-order valence-electron chi connectivity index (χ4n) is 1.48. The minimum Gasteiger partial charge on any atom is -0.481 e. The molecule has 5 heteroatoms. The maximum atomic E-state index is 10.7. The third kappa shape index (κ3) is 4.38. The lowest BCUT2D eigenvalue weighted by molar-refractivity contribution is -0.137. The molecule has 0 saturated carbocycles. The monoisotopic (exact) mass is 237 g/mol. The first-order valence-corrected chi connectivity index (χ1v) is 5.83. The van der Waals surface area contributed by atoms with Crippen molar-refractivity contribution in [3.63, 3.8) is 0 Å². The molecule has 0 fully saturated rings. The van der Waals surface area contributed by atoms with Gasteiger partial charge in [-0.25, -0.2) is 9.97 Å². The third-order valence-electron chi connectivity index (χ3n) is 2.55. The highest BCUT2D eigenvalue weighted by Gasteiger charge is 2.12. The Morgan fingerprint density at radius 2 is 2.18 bits per heavy atom. The quantitative estimate of drug-likeness (QED) is 0.793. The van der Waals surface area contributed by atoms with Crippen LogP contribution in [0.15, 0.2) is 12.4 Å². The van der Waals surface area contributed by atoms with E-state index in [1.807, 2.05) is 13.0 Å². The highest BCUT2D eigenvalue weighted by Crippen LogP contribution is 2.15. The van der Waals surface area contributed by atoms with Crippen LogP contribution in [-0.4, -0.2) is 27.1 Å². The van der Waals surface area contributed by atoms with E-state index in [-0.39, 0.29) is 12.5 Å². The van der Waals surface area contributed by atoms with Gasteiger partial charge in [-0.1, -0.05) is 20.8 Å². The molecule has 0 radical (unpaired) electrons. The molecular weight excluding hydrogens is 218 g/mol. The Morgan fingerprint density at radius 3 is 2.71 bits per heavy atom. The standard InChI is InChI=1S/C12H19N3O2/c1-4-9(5-12(16)17)15-11-6-10(8(2)3)13-7-14-11/h6-9H,4-5H2,1-3H3,(H,16,17)(H,13,14,15). The van der Waals surface area contributed by atoms with Crippen molar-refractivity contribution in [2.45, 2.75) is 45.6 Å². The van der Waals surface area contributed by atoms with Gasteiger partial charge in [-0.15, -0.1) is 0 Å². The topological polar surface area (TPSA) is 75.1 Å². The number of rotatable bonds is 6. The number of anilines is 1. The van der Waals surface area contributed by atoms with Crippen molar-refractivity contribution in [2.24, 2.45) is 0 Å². The van der Waals surface area contributed by atoms with Crippen LogP contribution in [0.4, 0.5) is 5.82 Å². The van der Waals surface area contributed by atoms with Gasteiger partial charge in [-0.05, 0) is 12.3 Å². The molecule has 0 aliphatic rings. The fourth-order valence-corrected chi connectivity index (χ4v) is 1.48. The lowest BCUT2D eigenvalue weighted by atomic mass is 10.1. The molecule has 1 aromatic heterocycles. The van der Waals surface area contributed by atoms with Gasteiger partial charge in [0.05, 0.1) is 6.42 Å². The number of hydrogen-bond donors (Lipinski definition) is 2. The predicted octanol–water partition coefficient (Wildman–Crippen LogP) is 2.27. The second-order valence-corrected chi connectivity index (χ2v) is 4.33. The SMILES string of the molecule is CCC(CC(=O)O)Nc1cc(C(C)C)ncn1. The summed E-state index contributed by atoms with van der Waals surface area (Å²) in [7, 11) is 0. The number of carboxylic acids is 1. The molecule has 0 spiro atoms. The van der Waals surface area contributed by atoms with E-state index in [0.29, 0.717) is 11.7 Å². The molecule has 5 nitrogen and oxygen atoms in total. The molecule has 0 aliphatic carbocycles. The van der Waals surface area contributed by atoms with Gasteiger partial charge in [0.25, 0.3) is 0 Å². The van der Waals surface area contributed by atoms with Gasteiger partial charge < -0.3 is 10.4 Å². The van der Waals surface area contributed by atoms with E-state index in [1.165, 1.54) is 6.33 Å². The van der Waals surface area contributed by atoms with Crippen molar-refractivity contribution in [3.05, 3.63) is 18.1 Å². The molecule has 0 aromatic carbocycles. The highest BCUT2D eigenvalue weighted by molar-refractivity contribution is 5.68. The molecule has 2 N–H and O–H groups in total. The van der Waals surface area contributed by atoms with Crippen LogP contribution in [0.1, 0.15) is 45.2 Å². The van der Waals surface area contributed by atoms with Crippen molar-refractivity contribution >= 4 is 11.8 Å². The van der Waals surface area contributed by atoms with Crippen LogP contribution < -0.4 is 5.32 Å². The Bertz CT molecular complexity index is 380. The van der Waals surface area contributed by atoms with Gasteiger partial charge >= 0.3 is 5.97 Å². The van der Waals surface area contributed by atoms with Crippen LogP contribution in [0.3, 0.4) is 0 Å². The smallest absolute Gasteiger partial charge is 0.305 e. The first-order valence-electron chi connectivity index (χ1n) is 5.83. The van der Waals surface area contributed by atoms with E-state index in [2.05, 4.69) is 29.1 Å². The van der Waals surface area contributed by atoms with E-state index < -0.39 is 5.97 Å². The summed E-state index contributed by atoms with van der Waals surface area (Å²) in [5.41, 5.74) is 0.952. The highest BCUT2D eigenvalue weighted by atomic mass is 16.4. The molecule has 1 aromatic rings. The van der Waals surface area contributed by atoms with Crippen LogP contribution >= 0.6 is 0 Å². The van der Waals surface area contributed by atoms with E-state index in [9.17, 15) is 4.79 Å². The summed E-state index contributed by atoms with van der Waals surface area (Å²) in [5.74, 6) is 0.220. The maximum Gasteiger partial charge on any atom is 0.305 e. The summed E-state index contributed by atoms with van der Waals surface area (Å²) in [6, 6.07) is 1.78. The van der Waals surface area contributed by atoms with Crippen molar-refractivity contribution < 1.29 is 9.90 Å². The number of nitrogens with zero attached hydrogens (tertiary/aromatic N) is 2. The van der Waals surface area contributed by atoms with Crippen LogP contribution in [0, 0.1) is 0 Å². The van der Waals surface area contributed by atoms with E-state index >= 15 is 0 Å². The third-order valence-corrected chi connectivity index (χ3v) is 2.55. The summed E-state index contributed by atoms with van der Waals surface area (Å²) >= 11 is 0. The minimum absolute atomic E-state index is 0.0948. The second-order valence-electron chi connectivity index (χ2n) is 4.33. The number of hydrogen-bond acceptors (Lipinski definition) is 4. The number of carbonyl (C=O) groups is 1. The lowest BCUT2D eigenvalue weighted by Gasteiger charge is -2.16. The number of aliphatic carboxylic acids is 1. The van der Waals surface area contributed by atoms with E-state index in [4.69, 9.17) is 5.11 Å². The van der Waals surface area contributed by atoms with E-state index in [1.54, 1.807) is 0 Å². The van der Waals surface area contributed by atoms with Crippen LogP contribution in [-0.2, 0) is 4.79 Å². The molecule has 17 heavy (non-hydrogen) atoms.